The minimum absolute atomic E-state index is 0.187. The van der Waals surface area contributed by atoms with Crippen molar-refractivity contribution in [3.05, 3.63) is 47.4 Å². The van der Waals surface area contributed by atoms with Crippen LogP contribution in [0, 0.1) is 5.82 Å². The third kappa shape index (κ3) is 3.31. The molecular weight excluding hydrogens is 335 g/mol. The van der Waals surface area contributed by atoms with Gasteiger partial charge in [-0.2, -0.15) is 0 Å². The first-order valence-corrected chi connectivity index (χ1v) is 9.55. The summed E-state index contributed by atoms with van der Waals surface area (Å²) in [5.41, 5.74) is 0.593. The number of fused-ring (bicyclic) bond motifs is 1. The van der Waals surface area contributed by atoms with Gasteiger partial charge in [-0.3, -0.25) is 0 Å². The fraction of sp³-hybridized carbons (Fsp3) is 0.368. The number of anilines is 2. The number of rotatable bonds is 4. The van der Waals surface area contributed by atoms with Crippen LogP contribution >= 0.6 is 11.3 Å². The molecule has 4 rings (SSSR count). The Morgan fingerprint density at radius 1 is 1.24 bits per heavy atom. The number of nitrogens with one attached hydrogen (secondary N) is 1. The number of hydrogen-bond donors (Lipinski definition) is 1. The van der Waals surface area contributed by atoms with Gasteiger partial charge in [-0.1, -0.05) is 19.1 Å². The van der Waals surface area contributed by atoms with Crippen molar-refractivity contribution in [3.8, 4) is 0 Å². The number of benzene rings is 1. The van der Waals surface area contributed by atoms with E-state index in [0.717, 1.165) is 48.4 Å². The number of hydrogen-bond acceptors (Lipinski definition) is 5. The quantitative estimate of drug-likeness (QED) is 0.749. The lowest BCUT2D eigenvalue weighted by Crippen LogP contribution is -2.39. The molecule has 1 aliphatic rings. The summed E-state index contributed by atoms with van der Waals surface area (Å²) in [6.45, 7) is 3.99. The molecule has 0 spiro atoms. The Balaban J connectivity index is 1.47. The number of aryl methyl sites for hydroxylation is 1. The van der Waals surface area contributed by atoms with E-state index in [1.54, 1.807) is 29.8 Å². The van der Waals surface area contributed by atoms with Crippen LogP contribution in [0.25, 0.3) is 10.2 Å². The van der Waals surface area contributed by atoms with Crippen LogP contribution in [0.3, 0.4) is 0 Å². The molecule has 0 atom stereocenters. The van der Waals surface area contributed by atoms with Gasteiger partial charge in [-0.25, -0.2) is 14.4 Å². The Kier molecular flexibility index (Phi) is 4.53. The van der Waals surface area contributed by atoms with Gasteiger partial charge in [0.1, 0.15) is 22.8 Å². The summed E-state index contributed by atoms with van der Waals surface area (Å²) in [5, 5.41) is 4.50. The smallest absolute Gasteiger partial charge is 0.146 e. The molecule has 25 heavy (non-hydrogen) atoms. The molecule has 6 heteroatoms. The fourth-order valence-electron chi connectivity index (χ4n) is 3.35. The second kappa shape index (κ2) is 6.96. The summed E-state index contributed by atoms with van der Waals surface area (Å²) in [5.74, 6) is 0.845. The van der Waals surface area contributed by atoms with Crippen LogP contribution in [0.1, 0.15) is 24.6 Å². The highest BCUT2D eigenvalue weighted by molar-refractivity contribution is 7.18. The molecule has 3 heterocycles. The van der Waals surface area contributed by atoms with E-state index in [2.05, 4.69) is 33.2 Å². The minimum atomic E-state index is -0.187. The van der Waals surface area contributed by atoms with Crippen LogP contribution in [0.4, 0.5) is 15.9 Å². The fourth-order valence-corrected chi connectivity index (χ4v) is 4.28. The second-order valence-electron chi connectivity index (χ2n) is 6.37. The maximum atomic E-state index is 13.8. The lowest BCUT2D eigenvalue weighted by molar-refractivity contribution is 0.520. The Morgan fingerprint density at radius 2 is 2.04 bits per heavy atom. The molecule has 130 valence electrons. The van der Waals surface area contributed by atoms with Gasteiger partial charge in [0.25, 0.3) is 0 Å². The number of para-hydroxylation sites is 1. The third-order valence-corrected chi connectivity index (χ3v) is 5.92. The molecular formula is C19H21FN4S. The summed E-state index contributed by atoms with van der Waals surface area (Å²) in [4.78, 5) is 13.7. The normalized spacial score (nSPS) is 15.7. The maximum Gasteiger partial charge on any atom is 0.146 e. The largest absolute Gasteiger partial charge is 0.380 e. The molecule has 1 aliphatic heterocycles. The van der Waals surface area contributed by atoms with Crippen molar-refractivity contribution in [2.24, 2.45) is 0 Å². The van der Waals surface area contributed by atoms with Crippen LogP contribution in [-0.2, 0) is 6.42 Å². The van der Waals surface area contributed by atoms with E-state index in [1.807, 2.05) is 6.07 Å². The van der Waals surface area contributed by atoms with E-state index in [0.29, 0.717) is 11.7 Å². The summed E-state index contributed by atoms with van der Waals surface area (Å²) in [6, 6.07) is 9.39. The molecule has 1 saturated heterocycles. The molecule has 0 radical (unpaired) electrons. The highest BCUT2D eigenvalue weighted by atomic mass is 32.1. The van der Waals surface area contributed by atoms with Crippen LogP contribution in [0.2, 0.25) is 0 Å². The Hall–Kier alpha value is -2.21. The Morgan fingerprint density at radius 3 is 2.80 bits per heavy atom. The molecule has 1 fully saturated rings. The summed E-state index contributed by atoms with van der Waals surface area (Å²) < 4.78 is 13.8. The van der Waals surface area contributed by atoms with E-state index in [-0.39, 0.29) is 5.82 Å². The van der Waals surface area contributed by atoms with Gasteiger partial charge >= 0.3 is 0 Å². The standard InChI is InChI=1S/C19H21FN4S/c1-2-14-11-15-18(21-12-22-19(15)25-14)24-9-7-13(8-10-24)23-17-6-4-3-5-16(17)20/h3-6,11-13,23H,2,7-10H2,1H3. The topological polar surface area (TPSA) is 41.0 Å². The average Bonchev–Trinajstić information content (AvgIpc) is 3.08. The lowest BCUT2D eigenvalue weighted by atomic mass is 10.0. The molecule has 1 aromatic carbocycles. The molecule has 0 aliphatic carbocycles. The van der Waals surface area contributed by atoms with Gasteiger partial charge in [0.15, 0.2) is 0 Å². The van der Waals surface area contributed by atoms with Crippen LogP contribution < -0.4 is 10.2 Å². The van der Waals surface area contributed by atoms with E-state index < -0.39 is 0 Å². The highest BCUT2D eigenvalue weighted by Gasteiger charge is 2.22. The summed E-state index contributed by atoms with van der Waals surface area (Å²) in [7, 11) is 0. The van der Waals surface area contributed by atoms with Crippen molar-refractivity contribution in [1.29, 1.82) is 0 Å². The SMILES string of the molecule is CCc1cc2c(N3CCC(Nc4ccccc4F)CC3)ncnc2s1. The molecule has 1 N–H and O–H groups in total. The Bertz CT molecular complexity index is 871. The molecule has 0 bridgehead atoms. The van der Waals surface area contributed by atoms with Gasteiger partial charge in [0, 0.05) is 24.0 Å². The predicted molar refractivity (Wildman–Crippen MR) is 102 cm³/mol. The van der Waals surface area contributed by atoms with E-state index in [4.69, 9.17) is 0 Å². The maximum absolute atomic E-state index is 13.8. The van der Waals surface area contributed by atoms with Gasteiger partial charge in [0.2, 0.25) is 0 Å². The first-order valence-electron chi connectivity index (χ1n) is 8.74. The van der Waals surface area contributed by atoms with Gasteiger partial charge in [0.05, 0.1) is 11.1 Å². The van der Waals surface area contributed by atoms with Crippen molar-refractivity contribution in [2.75, 3.05) is 23.3 Å². The highest BCUT2D eigenvalue weighted by Crippen LogP contribution is 2.32. The second-order valence-corrected chi connectivity index (χ2v) is 7.48. The van der Waals surface area contributed by atoms with Crippen molar-refractivity contribution in [3.63, 3.8) is 0 Å². The van der Waals surface area contributed by atoms with Crippen molar-refractivity contribution in [2.45, 2.75) is 32.2 Å². The number of halogens is 1. The van der Waals surface area contributed by atoms with Crippen molar-refractivity contribution in [1.82, 2.24) is 9.97 Å². The average molecular weight is 356 g/mol. The molecule has 3 aromatic rings. The van der Waals surface area contributed by atoms with Gasteiger partial charge in [-0.15, -0.1) is 11.3 Å². The van der Waals surface area contributed by atoms with Gasteiger partial charge < -0.3 is 10.2 Å². The van der Waals surface area contributed by atoms with Crippen LogP contribution in [0.5, 0.6) is 0 Å². The zero-order chi connectivity index (χ0) is 17.2. The van der Waals surface area contributed by atoms with Crippen molar-refractivity contribution < 1.29 is 4.39 Å². The number of piperidine rings is 1. The summed E-state index contributed by atoms with van der Waals surface area (Å²) >= 11 is 1.75. The zero-order valence-electron chi connectivity index (χ0n) is 14.2. The van der Waals surface area contributed by atoms with Crippen molar-refractivity contribution >= 4 is 33.1 Å². The molecule has 2 aromatic heterocycles. The third-order valence-electron chi connectivity index (χ3n) is 4.74. The van der Waals surface area contributed by atoms with Crippen LogP contribution in [-0.4, -0.2) is 29.1 Å². The number of thiophene rings is 1. The van der Waals surface area contributed by atoms with Crippen LogP contribution in [0.15, 0.2) is 36.7 Å². The molecule has 0 saturated carbocycles. The monoisotopic (exact) mass is 356 g/mol. The van der Waals surface area contributed by atoms with E-state index >= 15 is 0 Å². The Labute approximate surface area is 150 Å². The number of aromatic nitrogens is 2. The lowest BCUT2D eigenvalue weighted by Gasteiger charge is -2.33. The molecule has 4 nitrogen and oxygen atoms in total. The molecule has 0 unspecified atom stereocenters. The summed E-state index contributed by atoms with van der Waals surface area (Å²) in [6.07, 6.45) is 4.61. The minimum Gasteiger partial charge on any atom is -0.380 e. The first kappa shape index (κ1) is 16.3. The van der Waals surface area contributed by atoms with Gasteiger partial charge in [-0.05, 0) is 37.5 Å². The van der Waals surface area contributed by atoms with E-state index in [1.165, 1.54) is 10.9 Å². The molecule has 0 amide bonds. The zero-order valence-corrected chi connectivity index (χ0v) is 15.0. The first-order chi connectivity index (χ1) is 12.2. The number of nitrogens with zero attached hydrogens (tertiary/aromatic N) is 3. The predicted octanol–water partition coefficient (Wildman–Crippen LogP) is 4.47. The van der Waals surface area contributed by atoms with E-state index in [9.17, 15) is 4.39 Å².